The number of halogens is 1. The van der Waals surface area contributed by atoms with Crippen molar-refractivity contribution in [2.45, 2.75) is 0 Å². The van der Waals surface area contributed by atoms with Gasteiger partial charge in [-0.25, -0.2) is 0 Å². The Balaban J connectivity index is 2.30. The number of aldehydes is 1. The number of hydrogen-bond donors (Lipinski definition) is 0. The fourth-order valence-electron chi connectivity index (χ4n) is 2.95. The highest BCUT2D eigenvalue weighted by Gasteiger charge is 2.25. The maximum atomic E-state index is 12.2. The molecule has 0 spiro atoms. The summed E-state index contributed by atoms with van der Waals surface area (Å²) >= 11 is 5.98. The van der Waals surface area contributed by atoms with Gasteiger partial charge in [-0.1, -0.05) is 23.7 Å². The van der Waals surface area contributed by atoms with Gasteiger partial charge in [-0.2, -0.15) is 0 Å². The van der Waals surface area contributed by atoms with Crippen molar-refractivity contribution in [3.63, 3.8) is 0 Å². The van der Waals surface area contributed by atoms with Crippen LogP contribution in [-0.4, -0.2) is 33.4 Å². The Kier molecular flexibility index (Phi) is 5.70. The van der Waals surface area contributed by atoms with Gasteiger partial charge < -0.3 is 18.6 Å². The van der Waals surface area contributed by atoms with E-state index in [1.54, 1.807) is 36.4 Å². The van der Waals surface area contributed by atoms with Gasteiger partial charge in [0.05, 0.1) is 27.6 Å². The Morgan fingerprint density at radius 2 is 1.57 bits per heavy atom. The lowest BCUT2D eigenvalue weighted by Crippen LogP contribution is -2.01. The summed E-state index contributed by atoms with van der Waals surface area (Å²) in [5.74, 6) is 0.376. The van der Waals surface area contributed by atoms with E-state index in [-0.39, 0.29) is 12.0 Å². The molecule has 3 aromatic rings. The van der Waals surface area contributed by atoms with Crippen LogP contribution in [0.3, 0.4) is 0 Å². The Hall–Kier alpha value is -3.25. The third kappa shape index (κ3) is 3.46. The number of carbonyl (C=O) groups excluding carboxylic acids is 2. The van der Waals surface area contributed by atoms with E-state index >= 15 is 0 Å². The minimum absolute atomic E-state index is 0.0748. The van der Waals surface area contributed by atoms with E-state index in [0.717, 1.165) is 5.56 Å². The van der Waals surface area contributed by atoms with E-state index in [1.165, 1.54) is 27.6 Å². The molecule has 6 nitrogen and oxygen atoms in total. The van der Waals surface area contributed by atoms with Crippen LogP contribution in [0.1, 0.15) is 10.6 Å². The SMILES string of the molecule is COc1cc(-c2c(-c3ccc(Cl)cc3)coc2C(=O)C=O)cc(OC)c1OC. The molecule has 144 valence electrons. The standard InChI is InChI=1S/C21H17ClO6/c1-25-17-8-13(9-18(26-2)21(17)27-3)19-15(11-28-20(19)16(24)10-23)12-4-6-14(22)7-5-12/h4-11H,1-3H3. The van der Waals surface area contributed by atoms with E-state index in [4.69, 9.17) is 30.2 Å². The summed E-state index contributed by atoms with van der Waals surface area (Å²) in [4.78, 5) is 23.3. The minimum Gasteiger partial charge on any atom is -0.493 e. The number of ether oxygens (including phenoxy) is 3. The van der Waals surface area contributed by atoms with Gasteiger partial charge in [0.15, 0.2) is 23.5 Å². The molecule has 0 radical (unpaired) electrons. The van der Waals surface area contributed by atoms with Crippen LogP contribution in [0.4, 0.5) is 0 Å². The van der Waals surface area contributed by atoms with Gasteiger partial charge in [-0.05, 0) is 35.4 Å². The molecular weight excluding hydrogens is 384 g/mol. The van der Waals surface area contributed by atoms with Gasteiger partial charge in [0.2, 0.25) is 5.75 Å². The smallest absolute Gasteiger partial charge is 0.261 e. The lowest BCUT2D eigenvalue weighted by molar-refractivity contribution is -0.104. The first-order valence-electron chi connectivity index (χ1n) is 8.21. The number of Topliss-reactive ketones (excluding diaryl/α,β-unsaturated/α-hetero) is 1. The molecule has 0 atom stereocenters. The molecule has 0 N–H and O–H groups in total. The van der Waals surface area contributed by atoms with Crippen molar-refractivity contribution in [3.05, 3.63) is 53.4 Å². The van der Waals surface area contributed by atoms with Gasteiger partial charge in [0.1, 0.15) is 0 Å². The molecule has 0 fully saturated rings. The Morgan fingerprint density at radius 3 is 2.07 bits per heavy atom. The molecule has 0 aliphatic heterocycles. The lowest BCUT2D eigenvalue weighted by atomic mass is 9.95. The van der Waals surface area contributed by atoms with Crippen molar-refractivity contribution < 1.29 is 28.2 Å². The summed E-state index contributed by atoms with van der Waals surface area (Å²) in [7, 11) is 4.49. The van der Waals surface area contributed by atoms with Crippen molar-refractivity contribution in [3.8, 4) is 39.5 Å². The quantitative estimate of drug-likeness (QED) is 0.326. The number of furan rings is 1. The summed E-state index contributed by atoms with van der Waals surface area (Å²) < 4.78 is 21.6. The van der Waals surface area contributed by atoms with Crippen LogP contribution in [-0.2, 0) is 4.79 Å². The first kappa shape index (κ1) is 19.5. The van der Waals surface area contributed by atoms with Crippen molar-refractivity contribution in [2.75, 3.05) is 21.3 Å². The van der Waals surface area contributed by atoms with Crippen molar-refractivity contribution in [2.24, 2.45) is 0 Å². The van der Waals surface area contributed by atoms with Crippen LogP contribution in [0.25, 0.3) is 22.3 Å². The Labute approximate surface area is 166 Å². The summed E-state index contributed by atoms with van der Waals surface area (Å²) in [6, 6.07) is 10.4. The molecule has 0 saturated heterocycles. The Bertz CT molecular complexity index is 995. The average molecular weight is 401 g/mol. The van der Waals surface area contributed by atoms with E-state index in [9.17, 15) is 9.59 Å². The number of hydrogen-bond acceptors (Lipinski definition) is 6. The normalized spacial score (nSPS) is 10.4. The molecule has 1 aromatic heterocycles. The molecule has 0 aliphatic carbocycles. The first-order chi connectivity index (χ1) is 13.5. The second kappa shape index (κ2) is 8.19. The molecular formula is C21H17ClO6. The summed E-state index contributed by atoms with van der Waals surface area (Å²) in [5, 5.41) is 0.575. The number of methoxy groups -OCH3 is 3. The van der Waals surface area contributed by atoms with Crippen LogP contribution >= 0.6 is 11.6 Å². The van der Waals surface area contributed by atoms with Gasteiger partial charge >= 0.3 is 0 Å². The second-order valence-electron chi connectivity index (χ2n) is 5.76. The molecule has 7 heteroatoms. The number of ketones is 1. The molecule has 0 saturated carbocycles. The molecule has 1 heterocycles. The lowest BCUT2D eigenvalue weighted by Gasteiger charge is -2.15. The van der Waals surface area contributed by atoms with E-state index in [0.29, 0.717) is 39.0 Å². The molecule has 2 aromatic carbocycles. The van der Waals surface area contributed by atoms with Crippen LogP contribution in [0.5, 0.6) is 17.2 Å². The maximum absolute atomic E-state index is 12.2. The summed E-state index contributed by atoms with van der Waals surface area (Å²) in [6.07, 6.45) is 1.64. The number of benzene rings is 2. The van der Waals surface area contributed by atoms with Crippen LogP contribution in [0.2, 0.25) is 5.02 Å². The molecule has 0 aliphatic rings. The third-order valence-electron chi connectivity index (χ3n) is 4.23. The fraction of sp³-hybridized carbons (Fsp3) is 0.143. The van der Waals surface area contributed by atoms with Crippen molar-refractivity contribution in [1.82, 2.24) is 0 Å². The topological polar surface area (TPSA) is 75.0 Å². The monoisotopic (exact) mass is 400 g/mol. The zero-order valence-electron chi connectivity index (χ0n) is 15.4. The second-order valence-corrected chi connectivity index (χ2v) is 6.19. The van der Waals surface area contributed by atoms with Gasteiger partial charge in [0, 0.05) is 16.1 Å². The average Bonchev–Trinajstić information content (AvgIpc) is 3.17. The van der Waals surface area contributed by atoms with Crippen LogP contribution in [0.15, 0.2) is 47.1 Å². The molecule has 3 rings (SSSR count). The molecule has 28 heavy (non-hydrogen) atoms. The molecule has 0 amide bonds. The highest BCUT2D eigenvalue weighted by molar-refractivity contribution is 6.34. The maximum Gasteiger partial charge on any atom is 0.261 e. The first-order valence-corrected chi connectivity index (χ1v) is 8.59. The number of carbonyl (C=O) groups is 2. The minimum atomic E-state index is -0.774. The predicted molar refractivity (Wildman–Crippen MR) is 105 cm³/mol. The summed E-state index contributed by atoms with van der Waals surface area (Å²) in [5.41, 5.74) is 2.40. The van der Waals surface area contributed by atoms with E-state index < -0.39 is 5.78 Å². The largest absolute Gasteiger partial charge is 0.493 e. The van der Waals surface area contributed by atoms with E-state index in [1.807, 2.05) is 0 Å². The zero-order valence-corrected chi connectivity index (χ0v) is 16.2. The Morgan fingerprint density at radius 1 is 0.964 bits per heavy atom. The van der Waals surface area contributed by atoms with Crippen LogP contribution < -0.4 is 14.2 Å². The van der Waals surface area contributed by atoms with Crippen molar-refractivity contribution in [1.29, 1.82) is 0 Å². The van der Waals surface area contributed by atoms with Gasteiger partial charge in [0.25, 0.3) is 5.78 Å². The zero-order chi connectivity index (χ0) is 20.3. The highest BCUT2D eigenvalue weighted by Crippen LogP contribution is 2.45. The third-order valence-corrected chi connectivity index (χ3v) is 4.48. The van der Waals surface area contributed by atoms with Gasteiger partial charge in [-0.3, -0.25) is 9.59 Å². The van der Waals surface area contributed by atoms with E-state index in [2.05, 4.69) is 0 Å². The van der Waals surface area contributed by atoms with Crippen LogP contribution in [0, 0.1) is 0 Å². The van der Waals surface area contributed by atoms with Gasteiger partial charge in [-0.15, -0.1) is 0 Å². The van der Waals surface area contributed by atoms with Crippen molar-refractivity contribution >= 4 is 23.7 Å². The molecule has 0 bridgehead atoms. The predicted octanol–water partition coefficient (Wildman–Crippen LogP) is 4.67. The highest BCUT2D eigenvalue weighted by atomic mass is 35.5. The number of rotatable bonds is 7. The molecule has 0 unspecified atom stereocenters. The summed E-state index contributed by atoms with van der Waals surface area (Å²) in [6.45, 7) is 0. The fourth-order valence-corrected chi connectivity index (χ4v) is 3.07.